The van der Waals surface area contributed by atoms with E-state index in [9.17, 15) is 23.1 Å². The minimum atomic E-state index is -4.50. The zero-order valence-electron chi connectivity index (χ0n) is 9.94. The van der Waals surface area contributed by atoms with E-state index in [0.717, 1.165) is 24.8 Å². The van der Waals surface area contributed by atoms with Crippen LogP contribution >= 0.6 is 0 Å². The second kappa shape index (κ2) is 5.16. The highest BCUT2D eigenvalue weighted by Gasteiger charge is 2.33. The van der Waals surface area contributed by atoms with Crippen LogP contribution < -0.4 is 5.32 Å². The summed E-state index contributed by atoms with van der Waals surface area (Å²) in [5.41, 5.74) is -0.816. The number of aliphatic hydroxyl groups excluding tert-OH is 1. The minimum absolute atomic E-state index is 0.192. The molecule has 1 amide bonds. The van der Waals surface area contributed by atoms with Gasteiger partial charge in [-0.05, 0) is 31.4 Å². The van der Waals surface area contributed by atoms with Crippen molar-refractivity contribution in [3.8, 4) is 0 Å². The lowest BCUT2D eigenvalue weighted by molar-refractivity contribution is -0.141. The summed E-state index contributed by atoms with van der Waals surface area (Å²) in [6.45, 7) is 0. The Bertz CT molecular complexity index is 459. The Morgan fingerprint density at radius 3 is 2.58 bits per heavy atom. The van der Waals surface area contributed by atoms with E-state index < -0.39 is 23.9 Å². The van der Waals surface area contributed by atoms with Crippen molar-refractivity contribution in [3.05, 3.63) is 24.0 Å². The lowest BCUT2D eigenvalue weighted by atomic mass is 10.1. The highest BCUT2D eigenvalue weighted by atomic mass is 19.4. The molecule has 0 radical (unpaired) electrons. The summed E-state index contributed by atoms with van der Waals surface area (Å²) in [5.74, 6) is -0.881. The Labute approximate surface area is 107 Å². The van der Waals surface area contributed by atoms with Crippen LogP contribution in [0.2, 0.25) is 0 Å². The first-order valence-corrected chi connectivity index (χ1v) is 5.90. The van der Waals surface area contributed by atoms with Crippen molar-refractivity contribution in [2.45, 2.75) is 31.5 Å². The monoisotopic (exact) mass is 274 g/mol. The first kappa shape index (κ1) is 13.8. The van der Waals surface area contributed by atoms with Crippen LogP contribution in [-0.4, -0.2) is 22.1 Å². The molecule has 1 fully saturated rings. The summed E-state index contributed by atoms with van der Waals surface area (Å²) in [7, 11) is 0. The number of pyridine rings is 1. The third-order valence-corrected chi connectivity index (χ3v) is 3.14. The number of carbonyl (C=O) groups is 1. The van der Waals surface area contributed by atoms with Crippen LogP contribution in [0.25, 0.3) is 0 Å². The van der Waals surface area contributed by atoms with Gasteiger partial charge in [-0.2, -0.15) is 13.2 Å². The predicted molar refractivity (Wildman–Crippen MR) is 61.2 cm³/mol. The number of hydrogen-bond acceptors (Lipinski definition) is 3. The molecule has 2 atom stereocenters. The van der Waals surface area contributed by atoms with E-state index in [0.29, 0.717) is 12.8 Å². The number of anilines is 1. The van der Waals surface area contributed by atoms with Gasteiger partial charge in [-0.3, -0.25) is 4.79 Å². The van der Waals surface area contributed by atoms with Crippen molar-refractivity contribution in [1.29, 1.82) is 0 Å². The molecule has 4 nitrogen and oxygen atoms in total. The quantitative estimate of drug-likeness (QED) is 0.869. The number of nitrogens with zero attached hydrogens (tertiary/aromatic N) is 1. The van der Waals surface area contributed by atoms with Crippen molar-refractivity contribution in [2.75, 3.05) is 5.32 Å². The maximum atomic E-state index is 12.3. The molecular formula is C12H13F3N2O2. The van der Waals surface area contributed by atoms with Crippen LogP contribution in [0, 0.1) is 5.92 Å². The van der Waals surface area contributed by atoms with Crippen LogP contribution in [0.5, 0.6) is 0 Å². The van der Waals surface area contributed by atoms with Gasteiger partial charge in [0.1, 0.15) is 5.69 Å². The molecule has 2 rings (SSSR count). The summed E-state index contributed by atoms with van der Waals surface area (Å²) in [6, 6.07) is 1.95. The smallest absolute Gasteiger partial charge is 0.392 e. The molecule has 0 bridgehead atoms. The molecule has 1 aromatic heterocycles. The number of alkyl halides is 3. The number of aromatic nitrogens is 1. The Morgan fingerprint density at radius 2 is 2.11 bits per heavy atom. The Kier molecular flexibility index (Phi) is 3.75. The van der Waals surface area contributed by atoms with E-state index in [1.807, 2.05) is 0 Å². The van der Waals surface area contributed by atoms with Crippen molar-refractivity contribution in [1.82, 2.24) is 4.98 Å². The van der Waals surface area contributed by atoms with Crippen molar-refractivity contribution >= 4 is 11.6 Å². The number of aliphatic hydroxyl groups is 1. The molecule has 1 aliphatic rings. The molecule has 2 unspecified atom stereocenters. The fourth-order valence-corrected chi connectivity index (χ4v) is 2.12. The molecule has 0 aromatic carbocycles. The van der Waals surface area contributed by atoms with Gasteiger partial charge in [0.2, 0.25) is 5.91 Å². The summed E-state index contributed by atoms with van der Waals surface area (Å²) >= 11 is 0. The molecule has 1 heterocycles. The molecule has 2 N–H and O–H groups in total. The van der Waals surface area contributed by atoms with Gasteiger partial charge in [0.05, 0.1) is 23.9 Å². The first-order chi connectivity index (χ1) is 8.88. The minimum Gasteiger partial charge on any atom is -0.392 e. The molecule has 1 saturated carbocycles. The highest BCUT2D eigenvalue weighted by molar-refractivity contribution is 5.92. The molecule has 0 aliphatic heterocycles. The molecule has 19 heavy (non-hydrogen) atoms. The summed E-state index contributed by atoms with van der Waals surface area (Å²) in [6.07, 6.45) is -2.29. The second-order valence-electron chi connectivity index (χ2n) is 4.52. The number of hydrogen-bond donors (Lipinski definition) is 2. The Hall–Kier alpha value is -1.63. The van der Waals surface area contributed by atoms with E-state index in [1.165, 1.54) is 0 Å². The number of carbonyl (C=O) groups excluding carboxylic acids is 1. The highest BCUT2D eigenvalue weighted by Crippen LogP contribution is 2.29. The van der Waals surface area contributed by atoms with Gasteiger partial charge in [-0.15, -0.1) is 0 Å². The third-order valence-electron chi connectivity index (χ3n) is 3.14. The predicted octanol–water partition coefficient (Wildman–Crippen LogP) is 2.20. The summed E-state index contributed by atoms with van der Waals surface area (Å²) in [5, 5.41) is 12.0. The molecule has 1 aromatic rings. The Morgan fingerprint density at radius 1 is 1.37 bits per heavy atom. The van der Waals surface area contributed by atoms with Gasteiger partial charge >= 0.3 is 6.18 Å². The molecule has 0 saturated heterocycles. The third kappa shape index (κ3) is 3.23. The first-order valence-electron chi connectivity index (χ1n) is 5.90. The summed E-state index contributed by atoms with van der Waals surface area (Å²) in [4.78, 5) is 15.0. The fourth-order valence-electron chi connectivity index (χ4n) is 2.12. The van der Waals surface area contributed by atoms with Crippen molar-refractivity contribution in [3.63, 3.8) is 0 Å². The Balaban J connectivity index is 2.02. The number of rotatable bonds is 2. The van der Waals surface area contributed by atoms with Gasteiger partial charge < -0.3 is 10.4 Å². The second-order valence-corrected chi connectivity index (χ2v) is 4.52. The molecular weight excluding hydrogens is 261 g/mol. The standard InChI is InChI=1S/C12H13F3N2O2/c13-12(14,15)10-5-4-7(6-16-10)17-11(19)8-2-1-3-9(8)18/h4-6,8-9,18H,1-3H2,(H,17,19). The van der Waals surface area contributed by atoms with E-state index in [2.05, 4.69) is 10.3 Å². The number of nitrogens with one attached hydrogen (secondary N) is 1. The van der Waals surface area contributed by atoms with Crippen LogP contribution in [-0.2, 0) is 11.0 Å². The van der Waals surface area contributed by atoms with Crippen molar-refractivity contribution < 1.29 is 23.1 Å². The normalized spacial score (nSPS) is 23.4. The number of halogens is 3. The molecule has 7 heteroatoms. The van der Waals surface area contributed by atoms with Crippen LogP contribution in [0.1, 0.15) is 25.0 Å². The van der Waals surface area contributed by atoms with Crippen molar-refractivity contribution in [2.24, 2.45) is 5.92 Å². The van der Waals surface area contributed by atoms with E-state index in [4.69, 9.17) is 0 Å². The average molecular weight is 274 g/mol. The zero-order valence-corrected chi connectivity index (χ0v) is 9.94. The van der Waals surface area contributed by atoms with Gasteiger partial charge in [-0.1, -0.05) is 0 Å². The average Bonchev–Trinajstić information content (AvgIpc) is 2.75. The van der Waals surface area contributed by atoms with E-state index in [-0.39, 0.29) is 11.6 Å². The maximum Gasteiger partial charge on any atom is 0.433 e. The van der Waals surface area contributed by atoms with Gasteiger partial charge in [0.15, 0.2) is 0 Å². The van der Waals surface area contributed by atoms with Gasteiger partial charge in [0, 0.05) is 0 Å². The molecule has 104 valence electrons. The number of amides is 1. The topological polar surface area (TPSA) is 62.2 Å². The lowest BCUT2D eigenvalue weighted by Crippen LogP contribution is -2.28. The molecule has 0 spiro atoms. The fraction of sp³-hybridized carbons (Fsp3) is 0.500. The van der Waals surface area contributed by atoms with Crippen LogP contribution in [0.3, 0.4) is 0 Å². The maximum absolute atomic E-state index is 12.3. The van der Waals surface area contributed by atoms with Crippen LogP contribution in [0.15, 0.2) is 18.3 Å². The molecule has 1 aliphatic carbocycles. The van der Waals surface area contributed by atoms with E-state index >= 15 is 0 Å². The lowest BCUT2D eigenvalue weighted by Gasteiger charge is -2.14. The van der Waals surface area contributed by atoms with E-state index in [1.54, 1.807) is 0 Å². The zero-order chi connectivity index (χ0) is 14.0. The SMILES string of the molecule is O=C(Nc1ccc(C(F)(F)F)nc1)C1CCCC1O. The van der Waals surface area contributed by atoms with Crippen LogP contribution in [0.4, 0.5) is 18.9 Å². The summed E-state index contributed by atoms with van der Waals surface area (Å²) < 4.78 is 36.9. The largest absolute Gasteiger partial charge is 0.433 e. The van der Waals surface area contributed by atoms with Gasteiger partial charge in [0.25, 0.3) is 0 Å². The van der Waals surface area contributed by atoms with Gasteiger partial charge in [-0.25, -0.2) is 4.98 Å².